The highest BCUT2D eigenvalue weighted by Crippen LogP contribution is 2.15. The zero-order chi connectivity index (χ0) is 18.0. The maximum absolute atomic E-state index is 2.34. The molecule has 1 aromatic heterocycles. The second-order valence-corrected chi connectivity index (χ2v) is 9.40. The molecule has 0 saturated carbocycles. The lowest BCUT2D eigenvalue weighted by Crippen LogP contribution is -2.36. The van der Waals surface area contributed by atoms with E-state index in [9.17, 15) is 0 Å². The first-order valence-corrected chi connectivity index (χ1v) is 12.9. The largest absolute Gasteiger partial charge is 0.224 e. The highest BCUT2D eigenvalue weighted by atomic mass is 32.2. The summed E-state index contributed by atoms with van der Waals surface area (Å²) in [6.07, 6.45) is 22.5. The van der Waals surface area contributed by atoms with Gasteiger partial charge in [0.1, 0.15) is 0 Å². The van der Waals surface area contributed by atoms with E-state index in [0.717, 1.165) is 0 Å². The molecular weight excluding hydrogens is 342 g/mol. The van der Waals surface area contributed by atoms with Crippen LogP contribution >= 0.6 is 23.1 Å². The van der Waals surface area contributed by atoms with Crippen LogP contribution < -0.4 is 4.57 Å². The average molecular weight is 385 g/mol. The van der Waals surface area contributed by atoms with Crippen LogP contribution in [0.5, 0.6) is 0 Å². The van der Waals surface area contributed by atoms with Gasteiger partial charge in [-0.3, -0.25) is 0 Å². The Kier molecular flexibility index (Phi) is 16.0. The van der Waals surface area contributed by atoms with Crippen molar-refractivity contribution in [3.8, 4) is 0 Å². The molecule has 0 aliphatic heterocycles. The predicted octanol–water partition coefficient (Wildman–Crippen LogP) is 7.81. The summed E-state index contributed by atoms with van der Waals surface area (Å²) in [6, 6.07) is 0.642. The van der Waals surface area contributed by atoms with Crippen molar-refractivity contribution < 1.29 is 4.57 Å². The molecule has 0 fully saturated rings. The summed E-state index contributed by atoms with van der Waals surface area (Å²) in [6.45, 7) is 4.62. The van der Waals surface area contributed by atoms with Crippen LogP contribution in [0.3, 0.4) is 0 Å². The van der Waals surface area contributed by atoms with Gasteiger partial charge in [0.05, 0.1) is 11.1 Å². The van der Waals surface area contributed by atoms with Gasteiger partial charge in [-0.2, -0.15) is 16.3 Å². The molecule has 3 heteroatoms. The highest BCUT2D eigenvalue weighted by Gasteiger charge is 2.11. The van der Waals surface area contributed by atoms with Gasteiger partial charge in [-0.1, -0.05) is 102 Å². The smallest absolute Gasteiger partial charge is 0.192 e. The Balaban J connectivity index is 1.72. The van der Waals surface area contributed by atoms with Crippen LogP contribution in [0.1, 0.15) is 110 Å². The van der Waals surface area contributed by atoms with E-state index in [4.69, 9.17) is 0 Å². The van der Waals surface area contributed by atoms with Crippen LogP contribution in [0.4, 0.5) is 0 Å². The average Bonchev–Trinajstić information content (AvgIpc) is 3.16. The lowest BCUT2D eigenvalue weighted by atomic mass is 10.0. The van der Waals surface area contributed by atoms with Gasteiger partial charge in [0.25, 0.3) is 0 Å². The van der Waals surface area contributed by atoms with Gasteiger partial charge in [0, 0.05) is 0 Å². The van der Waals surface area contributed by atoms with Gasteiger partial charge >= 0.3 is 0 Å². The van der Waals surface area contributed by atoms with E-state index in [-0.39, 0.29) is 0 Å². The Labute approximate surface area is 166 Å². The summed E-state index contributed by atoms with van der Waals surface area (Å²) in [5.41, 5.74) is 2.22. The standard InChI is InChI=1S/C22H42NS2/c1-3-4-5-6-7-8-9-10-11-12-13-14-15-16-18-24-20-22(2)23-17-19-25-21-23/h17,19,21-22H,3-16,18,20H2,1-2H3/q+1. The lowest BCUT2D eigenvalue weighted by Gasteiger charge is -2.05. The van der Waals surface area contributed by atoms with E-state index >= 15 is 0 Å². The van der Waals surface area contributed by atoms with Crippen molar-refractivity contribution in [1.29, 1.82) is 0 Å². The quantitative estimate of drug-likeness (QED) is 0.184. The van der Waals surface area contributed by atoms with Crippen molar-refractivity contribution in [3.63, 3.8) is 0 Å². The third kappa shape index (κ3) is 13.8. The minimum absolute atomic E-state index is 0.642. The molecule has 1 atom stereocenters. The molecule has 0 N–H and O–H groups in total. The van der Waals surface area contributed by atoms with Crippen LogP contribution in [-0.2, 0) is 0 Å². The molecule has 0 aliphatic rings. The Hall–Kier alpha value is -0.0200. The third-order valence-electron chi connectivity index (χ3n) is 5.00. The SMILES string of the molecule is CCCCCCCCCCCCCCCCSCC(C)[n+]1ccsc1. The first-order valence-electron chi connectivity index (χ1n) is 10.8. The van der Waals surface area contributed by atoms with E-state index in [0.29, 0.717) is 6.04 Å². The Bertz CT molecular complexity index is 364. The van der Waals surface area contributed by atoms with Crippen LogP contribution in [0.15, 0.2) is 17.1 Å². The number of rotatable bonds is 18. The fraction of sp³-hybridized carbons (Fsp3) is 0.864. The molecule has 0 amide bonds. The van der Waals surface area contributed by atoms with E-state index in [1.54, 1.807) is 11.3 Å². The molecule has 0 saturated heterocycles. The molecule has 0 radical (unpaired) electrons. The highest BCUT2D eigenvalue weighted by molar-refractivity contribution is 7.99. The number of thiazole rings is 1. The summed E-state index contributed by atoms with van der Waals surface area (Å²) < 4.78 is 2.34. The third-order valence-corrected chi connectivity index (χ3v) is 6.94. The Morgan fingerprint density at radius 1 is 0.800 bits per heavy atom. The first kappa shape index (κ1) is 23.0. The second kappa shape index (κ2) is 17.4. The maximum atomic E-state index is 2.34. The summed E-state index contributed by atoms with van der Waals surface area (Å²) in [4.78, 5) is 0. The molecular formula is C22H42NS2+. The number of nitrogens with zero attached hydrogens (tertiary/aromatic N) is 1. The lowest BCUT2D eigenvalue weighted by molar-refractivity contribution is -0.710. The summed E-state index contributed by atoms with van der Waals surface area (Å²) in [7, 11) is 0. The minimum atomic E-state index is 0.642. The van der Waals surface area contributed by atoms with Crippen molar-refractivity contribution in [2.45, 2.75) is 110 Å². The Morgan fingerprint density at radius 2 is 1.32 bits per heavy atom. The molecule has 0 bridgehead atoms. The van der Waals surface area contributed by atoms with Crippen molar-refractivity contribution in [2.75, 3.05) is 11.5 Å². The Morgan fingerprint density at radius 3 is 1.80 bits per heavy atom. The molecule has 1 nitrogen and oxygen atoms in total. The fourth-order valence-electron chi connectivity index (χ4n) is 3.24. The number of aromatic nitrogens is 1. The van der Waals surface area contributed by atoms with Crippen molar-refractivity contribution in [3.05, 3.63) is 17.1 Å². The molecule has 25 heavy (non-hydrogen) atoms. The number of unbranched alkanes of at least 4 members (excludes halogenated alkanes) is 13. The number of thioether (sulfide) groups is 1. The number of hydrogen-bond donors (Lipinski definition) is 0. The summed E-state index contributed by atoms with van der Waals surface area (Å²) in [5, 5.41) is 2.16. The molecule has 0 aromatic carbocycles. The van der Waals surface area contributed by atoms with Gasteiger partial charge in [-0.15, -0.1) is 0 Å². The molecule has 1 heterocycles. The van der Waals surface area contributed by atoms with Gasteiger partial charge in [0.15, 0.2) is 12.2 Å². The van der Waals surface area contributed by atoms with Crippen LogP contribution in [0.2, 0.25) is 0 Å². The zero-order valence-corrected chi connectivity index (χ0v) is 18.5. The minimum Gasteiger partial charge on any atom is -0.192 e. The van der Waals surface area contributed by atoms with E-state index in [1.807, 2.05) is 0 Å². The van der Waals surface area contributed by atoms with Crippen molar-refractivity contribution in [2.24, 2.45) is 0 Å². The van der Waals surface area contributed by atoms with E-state index in [1.165, 1.54) is 101 Å². The summed E-state index contributed by atoms with van der Waals surface area (Å²) >= 11 is 3.91. The molecule has 1 aromatic rings. The second-order valence-electron chi connectivity index (χ2n) is 7.49. The van der Waals surface area contributed by atoms with Crippen LogP contribution in [0, 0.1) is 0 Å². The first-order chi connectivity index (χ1) is 12.3. The molecule has 0 spiro atoms. The zero-order valence-electron chi connectivity index (χ0n) is 16.9. The van der Waals surface area contributed by atoms with E-state index in [2.05, 4.69) is 47.3 Å². The summed E-state index contributed by atoms with van der Waals surface area (Å²) in [5.74, 6) is 2.59. The molecule has 146 valence electrons. The molecule has 1 unspecified atom stereocenters. The fourth-order valence-corrected chi connectivity index (χ4v) is 5.02. The van der Waals surface area contributed by atoms with E-state index < -0.39 is 0 Å². The van der Waals surface area contributed by atoms with Gasteiger partial charge in [-0.05, 0) is 19.1 Å². The van der Waals surface area contributed by atoms with Crippen LogP contribution in [0.25, 0.3) is 0 Å². The normalized spacial score (nSPS) is 12.6. The molecule has 1 rings (SSSR count). The van der Waals surface area contributed by atoms with Gasteiger partial charge in [0.2, 0.25) is 5.51 Å². The predicted molar refractivity (Wildman–Crippen MR) is 117 cm³/mol. The number of hydrogen-bond acceptors (Lipinski definition) is 2. The maximum Gasteiger partial charge on any atom is 0.224 e. The van der Waals surface area contributed by atoms with Crippen LogP contribution in [-0.4, -0.2) is 11.5 Å². The topological polar surface area (TPSA) is 3.88 Å². The van der Waals surface area contributed by atoms with Gasteiger partial charge in [-0.25, -0.2) is 0 Å². The van der Waals surface area contributed by atoms with Gasteiger partial charge < -0.3 is 0 Å². The molecule has 0 aliphatic carbocycles. The van der Waals surface area contributed by atoms with Crippen molar-refractivity contribution in [1.82, 2.24) is 0 Å². The monoisotopic (exact) mass is 384 g/mol. The van der Waals surface area contributed by atoms with Crippen molar-refractivity contribution >= 4 is 23.1 Å².